The van der Waals surface area contributed by atoms with Gasteiger partial charge in [-0.2, -0.15) is 0 Å². The van der Waals surface area contributed by atoms with Gasteiger partial charge in [0.05, 0.1) is 0 Å². The van der Waals surface area contributed by atoms with Gasteiger partial charge in [0.25, 0.3) is 0 Å². The van der Waals surface area contributed by atoms with Gasteiger partial charge >= 0.3 is 0 Å². The third kappa shape index (κ3) is 4.72. The number of rotatable bonds is 8. The molecular weight excluding hydrogens is 260 g/mol. The van der Waals surface area contributed by atoms with Crippen molar-refractivity contribution in [2.24, 2.45) is 0 Å². The van der Waals surface area contributed by atoms with Crippen molar-refractivity contribution in [3.05, 3.63) is 29.8 Å². The van der Waals surface area contributed by atoms with Gasteiger partial charge in [0.15, 0.2) is 0 Å². The van der Waals surface area contributed by atoms with Crippen LogP contribution in [0.5, 0.6) is 5.75 Å². The lowest BCUT2D eigenvalue weighted by atomic mass is 10.0. The summed E-state index contributed by atoms with van der Waals surface area (Å²) in [6, 6.07) is 8.87. The van der Waals surface area contributed by atoms with E-state index in [1.165, 1.54) is 37.8 Å². The highest BCUT2D eigenvalue weighted by molar-refractivity contribution is 5.28. The smallest absolute Gasteiger partial charge is 0.115 e. The van der Waals surface area contributed by atoms with Crippen LogP contribution < -0.4 is 5.32 Å². The van der Waals surface area contributed by atoms with Crippen molar-refractivity contribution in [2.75, 3.05) is 19.6 Å². The number of phenols is 1. The molecule has 0 radical (unpaired) electrons. The second-order valence-electron chi connectivity index (χ2n) is 6.16. The molecule has 21 heavy (non-hydrogen) atoms. The van der Waals surface area contributed by atoms with E-state index in [4.69, 9.17) is 0 Å². The Bertz CT molecular complexity index is 398. The van der Waals surface area contributed by atoms with Gasteiger partial charge in [-0.15, -0.1) is 0 Å². The minimum Gasteiger partial charge on any atom is -0.508 e. The largest absolute Gasteiger partial charge is 0.508 e. The maximum Gasteiger partial charge on any atom is 0.115 e. The van der Waals surface area contributed by atoms with Crippen molar-refractivity contribution in [2.45, 2.75) is 58.0 Å². The van der Waals surface area contributed by atoms with E-state index in [1.54, 1.807) is 0 Å². The normalized spacial score (nSPS) is 20.0. The van der Waals surface area contributed by atoms with E-state index in [9.17, 15) is 5.11 Å². The van der Waals surface area contributed by atoms with Gasteiger partial charge in [-0.25, -0.2) is 0 Å². The summed E-state index contributed by atoms with van der Waals surface area (Å²) < 4.78 is 0. The van der Waals surface area contributed by atoms with Crippen LogP contribution >= 0.6 is 0 Å². The van der Waals surface area contributed by atoms with Crippen molar-refractivity contribution in [3.63, 3.8) is 0 Å². The van der Waals surface area contributed by atoms with Crippen molar-refractivity contribution in [1.29, 1.82) is 0 Å². The molecule has 2 N–H and O–H groups in total. The van der Waals surface area contributed by atoms with E-state index >= 15 is 0 Å². The van der Waals surface area contributed by atoms with Gasteiger partial charge in [-0.05, 0) is 56.5 Å². The fourth-order valence-corrected chi connectivity index (χ4v) is 3.33. The Morgan fingerprint density at radius 1 is 1.29 bits per heavy atom. The highest BCUT2D eigenvalue weighted by atomic mass is 16.3. The molecule has 3 heteroatoms. The van der Waals surface area contributed by atoms with Crippen molar-refractivity contribution >= 4 is 0 Å². The summed E-state index contributed by atoms with van der Waals surface area (Å²) in [7, 11) is 0. The first-order valence-corrected chi connectivity index (χ1v) is 8.51. The molecule has 1 aromatic rings. The fourth-order valence-electron chi connectivity index (χ4n) is 3.33. The first kappa shape index (κ1) is 16.3. The Labute approximate surface area is 129 Å². The van der Waals surface area contributed by atoms with Crippen LogP contribution in [0.4, 0.5) is 0 Å². The molecule has 1 aliphatic rings. The summed E-state index contributed by atoms with van der Waals surface area (Å²) in [5.41, 5.74) is 1.32. The Morgan fingerprint density at radius 2 is 2.05 bits per heavy atom. The number of benzene rings is 1. The molecule has 1 fully saturated rings. The van der Waals surface area contributed by atoms with Gasteiger partial charge in [-0.3, -0.25) is 4.90 Å². The molecule has 0 spiro atoms. The number of hydrogen-bond acceptors (Lipinski definition) is 3. The van der Waals surface area contributed by atoms with E-state index in [2.05, 4.69) is 36.2 Å². The number of nitrogens with one attached hydrogen (secondary N) is 1. The van der Waals surface area contributed by atoms with E-state index in [-0.39, 0.29) is 0 Å². The van der Waals surface area contributed by atoms with Crippen LogP contribution in [0, 0.1) is 0 Å². The first-order valence-electron chi connectivity index (χ1n) is 8.51. The molecule has 1 aromatic carbocycles. The van der Waals surface area contributed by atoms with Gasteiger partial charge in [0.2, 0.25) is 0 Å². The molecule has 3 nitrogen and oxygen atoms in total. The highest BCUT2D eigenvalue weighted by Gasteiger charge is 2.23. The maximum absolute atomic E-state index is 9.50. The number of hydrogen-bond donors (Lipinski definition) is 2. The van der Waals surface area contributed by atoms with E-state index in [0.717, 1.165) is 19.5 Å². The molecule has 2 unspecified atom stereocenters. The van der Waals surface area contributed by atoms with E-state index in [0.29, 0.717) is 17.8 Å². The number of unbranched alkanes of at least 4 members (excludes halogenated alkanes) is 1. The SMILES string of the molecule is CCCCN(CC1CCCN1)C(CC)c1ccc(O)cc1. The number of aromatic hydroxyl groups is 1. The van der Waals surface area contributed by atoms with Crippen LogP contribution in [0.15, 0.2) is 24.3 Å². The van der Waals surface area contributed by atoms with Crippen LogP contribution in [-0.4, -0.2) is 35.7 Å². The zero-order valence-electron chi connectivity index (χ0n) is 13.5. The second kappa shape index (κ2) is 8.40. The minimum atomic E-state index is 0.353. The van der Waals surface area contributed by atoms with Gasteiger partial charge in [0, 0.05) is 18.6 Å². The van der Waals surface area contributed by atoms with Gasteiger partial charge in [0.1, 0.15) is 5.75 Å². The lowest BCUT2D eigenvalue weighted by Gasteiger charge is -2.33. The number of nitrogens with zero attached hydrogens (tertiary/aromatic N) is 1. The quantitative estimate of drug-likeness (QED) is 0.766. The topological polar surface area (TPSA) is 35.5 Å². The molecule has 1 saturated heterocycles. The second-order valence-corrected chi connectivity index (χ2v) is 6.16. The predicted octanol–water partition coefficient (Wildman–Crippen LogP) is 3.70. The average Bonchev–Trinajstić information content (AvgIpc) is 3.00. The molecule has 0 bridgehead atoms. The Balaban J connectivity index is 2.08. The van der Waals surface area contributed by atoms with Crippen molar-refractivity contribution in [3.8, 4) is 5.75 Å². The maximum atomic E-state index is 9.50. The molecular formula is C18H30N2O. The predicted molar refractivity (Wildman–Crippen MR) is 88.6 cm³/mol. The molecule has 0 saturated carbocycles. The minimum absolute atomic E-state index is 0.353. The lowest BCUT2D eigenvalue weighted by Crippen LogP contribution is -2.40. The average molecular weight is 290 g/mol. The van der Waals surface area contributed by atoms with Gasteiger partial charge < -0.3 is 10.4 Å². The van der Waals surface area contributed by atoms with Crippen LogP contribution in [0.3, 0.4) is 0 Å². The number of phenolic OH excluding ortho intramolecular Hbond substituents is 1. The summed E-state index contributed by atoms with van der Waals surface area (Å²) in [5.74, 6) is 0.353. The summed E-state index contributed by atoms with van der Waals surface area (Å²) >= 11 is 0. The summed E-state index contributed by atoms with van der Waals surface area (Å²) in [6.07, 6.45) is 6.21. The van der Waals surface area contributed by atoms with E-state index < -0.39 is 0 Å². The van der Waals surface area contributed by atoms with Crippen LogP contribution in [0.25, 0.3) is 0 Å². The molecule has 0 aromatic heterocycles. The molecule has 2 atom stereocenters. The Hall–Kier alpha value is -1.06. The first-order chi connectivity index (χ1) is 10.2. The third-order valence-electron chi connectivity index (χ3n) is 4.52. The summed E-state index contributed by atoms with van der Waals surface area (Å²) in [5, 5.41) is 13.1. The molecule has 0 aliphatic carbocycles. The van der Waals surface area contributed by atoms with Crippen molar-refractivity contribution in [1.82, 2.24) is 10.2 Å². The molecule has 1 aliphatic heterocycles. The van der Waals surface area contributed by atoms with Crippen LogP contribution in [0.2, 0.25) is 0 Å². The molecule has 118 valence electrons. The zero-order chi connectivity index (χ0) is 15.1. The third-order valence-corrected chi connectivity index (χ3v) is 4.52. The monoisotopic (exact) mass is 290 g/mol. The van der Waals surface area contributed by atoms with E-state index in [1.807, 2.05) is 12.1 Å². The lowest BCUT2D eigenvalue weighted by molar-refractivity contribution is 0.173. The standard InChI is InChI=1S/C18H30N2O/c1-3-5-13-20(14-16-7-6-12-19-16)18(4-2)15-8-10-17(21)11-9-15/h8-11,16,18-19,21H,3-7,12-14H2,1-2H3. The van der Waals surface area contributed by atoms with Crippen LogP contribution in [0.1, 0.15) is 57.6 Å². The van der Waals surface area contributed by atoms with Gasteiger partial charge in [-0.1, -0.05) is 32.4 Å². The fraction of sp³-hybridized carbons (Fsp3) is 0.667. The van der Waals surface area contributed by atoms with Crippen LogP contribution in [-0.2, 0) is 0 Å². The Morgan fingerprint density at radius 3 is 2.62 bits per heavy atom. The molecule has 1 heterocycles. The summed E-state index contributed by atoms with van der Waals surface area (Å²) in [6.45, 7) is 7.99. The van der Waals surface area contributed by atoms with Crippen molar-refractivity contribution < 1.29 is 5.11 Å². The Kier molecular flexibility index (Phi) is 6.52. The zero-order valence-corrected chi connectivity index (χ0v) is 13.5. The summed E-state index contributed by atoms with van der Waals surface area (Å²) in [4.78, 5) is 2.64. The molecule has 2 rings (SSSR count). The molecule has 0 amide bonds. The highest BCUT2D eigenvalue weighted by Crippen LogP contribution is 2.27.